The van der Waals surface area contributed by atoms with Crippen molar-refractivity contribution >= 4 is 50.7 Å². The van der Waals surface area contributed by atoms with Crippen molar-refractivity contribution in [3.05, 3.63) is 29.3 Å². The van der Waals surface area contributed by atoms with Crippen molar-refractivity contribution in [3.63, 3.8) is 0 Å². The minimum absolute atomic E-state index is 0.00483. The zero-order valence-electron chi connectivity index (χ0n) is 14.7. The number of rotatable bonds is 6. The topological polar surface area (TPSA) is 68.0 Å². The molecule has 4 rings (SSSR count). The number of carbonyl (C=O) groups excluding carboxylic acids is 1. The van der Waals surface area contributed by atoms with Crippen LogP contribution >= 0.6 is 34.7 Å². The Labute approximate surface area is 170 Å². The van der Waals surface area contributed by atoms with Crippen LogP contribution in [0.25, 0.3) is 20.9 Å². The molecular weight excluding hydrogens is 402 g/mol. The first kappa shape index (κ1) is 18.8. The number of carbonyl (C=O) groups is 1. The number of halogens is 1. The quantitative estimate of drug-likeness (QED) is 0.540. The molecule has 1 aliphatic carbocycles. The lowest BCUT2D eigenvalue weighted by Gasteiger charge is -2.21. The molecule has 1 aromatic carbocycles. The van der Waals surface area contributed by atoms with Gasteiger partial charge in [0.05, 0.1) is 10.8 Å². The van der Waals surface area contributed by atoms with Crippen molar-refractivity contribution in [1.82, 2.24) is 15.5 Å². The summed E-state index contributed by atoms with van der Waals surface area (Å²) in [5.74, 6) is 1.29. The van der Waals surface area contributed by atoms with Gasteiger partial charge in [0, 0.05) is 16.6 Å². The molecule has 1 aliphatic rings. The van der Waals surface area contributed by atoms with Gasteiger partial charge in [-0.25, -0.2) is 0 Å². The fourth-order valence-electron chi connectivity index (χ4n) is 3.34. The molecule has 0 radical (unpaired) electrons. The molecule has 1 fully saturated rings. The summed E-state index contributed by atoms with van der Waals surface area (Å²) in [5.41, 5.74) is 0. The zero-order chi connectivity index (χ0) is 18.6. The Bertz CT molecular complexity index is 934. The number of benzene rings is 1. The highest BCUT2D eigenvalue weighted by atomic mass is 35.5. The Balaban J connectivity index is 1.33. The van der Waals surface area contributed by atoms with Crippen LogP contribution in [-0.2, 0) is 4.79 Å². The Morgan fingerprint density at radius 2 is 2.07 bits per heavy atom. The third-order valence-corrected chi connectivity index (χ3v) is 7.26. The van der Waals surface area contributed by atoms with Crippen LogP contribution in [0.5, 0.6) is 0 Å². The van der Waals surface area contributed by atoms with Crippen LogP contribution in [0.4, 0.5) is 0 Å². The van der Waals surface area contributed by atoms with Crippen molar-refractivity contribution in [1.29, 1.82) is 0 Å². The minimum atomic E-state index is 0.00483. The number of hydrogen-bond donors (Lipinski definition) is 1. The van der Waals surface area contributed by atoms with E-state index in [0.717, 1.165) is 21.5 Å². The maximum Gasteiger partial charge on any atom is 0.277 e. The Morgan fingerprint density at radius 3 is 2.89 bits per heavy atom. The van der Waals surface area contributed by atoms with Gasteiger partial charge < -0.3 is 9.73 Å². The first-order chi connectivity index (χ1) is 13.2. The summed E-state index contributed by atoms with van der Waals surface area (Å²) in [4.78, 5) is 12.8. The van der Waals surface area contributed by atoms with Crippen LogP contribution < -0.4 is 5.32 Å². The molecule has 8 heteroatoms. The molecular formula is C19H20ClN3O2S2. The zero-order valence-corrected chi connectivity index (χ0v) is 17.1. The van der Waals surface area contributed by atoms with E-state index in [9.17, 15) is 4.79 Å². The molecule has 0 aliphatic heterocycles. The third-order valence-electron chi connectivity index (χ3n) is 4.77. The molecule has 1 saturated carbocycles. The number of hydrogen-bond acceptors (Lipinski definition) is 6. The van der Waals surface area contributed by atoms with Crippen LogP contribution in [0.2, 0.25) is 5.02 Å². The first-order valence-electron chi connectivity index (χ1n) is 9.11. The molecule has 0 saturated heterocycles. The lowest BCUT2D eigenvalue weighted by molar-refractivity contribution is -0.118. The second kappa shape index (κ2) is 8.63. The number of thioether (sulfide) groups is 1. The van der Waals surface area contributed by atoms with E-state index in [0.29, 0.717) is 22.1 Å². The van der Waals surface area contributed by atoms with Crippen LogP contribution in [-0.4, -0.2) is 28.4 Å². The Hall–Kier alpha value is -1.57. The van der Waals surface area contributed by atoms with Gasteiger partial charge in [-0.3, -0.25) is 4.79 Å². The smallest absolute Gasteiger partial charge is 0.277 e. The first-order valence-corrected chi connectivity index (χ1v) is 11.3. The molecule has 0 atom stereocenters. The monoisotopic (exact) mass is 421 g/mol. The second-order valence-electron chi connectivity index (χ2n) is 6.71. The highest BCUT2D eigenvalue weighted by molar-refractivity contribution is 7.99. The summed E-state index contributed by atoms with van der Waals surface area (Å²) in [6, 6.07) is 7.91. The number of nitrogens with zero attached hydrogens (tertiary/aromatic N) is 2. The largest absolute Gasteiger partial charge is 0.410 e. The van der Waals surface area contributed by atoms with E-state index in [1.807, 2.05) is 24.3 Å². The summed E-state index contributed by atoms with van der Waals surface area (Å²) in [6.07, 6.45) is 6.32. The standard InChI is InChI=1S/C19H20ClN3O2S2/c20-16-13-8-4-5-9-14(13)27-17(16)18-22-23-19(25-18)26-11-15(24)21-10-12-6-2-1-3-7-12/h4-5,8-9,12H,1-3,6-7,10-11H2,(H,21,24). The number of thiophene rings is 1. The fourth-order valence-corrected chi connectivity index (χ4v) is 5.37. The summed E-state index contributed by atoms with van der Waals surface area (Å²) >= 11 is 9.23. The molecule has 3 aromatic rings. The van der Waals surface area contributed by atoms with Crippen molar-refractivity contribution in [2.24, 2.45) is 5.92 Å². The Kier molecular flexibility index (Phi) is 6.00. The number of fused-ring (bicyclic) bond motifs is 1. The van der Waals surface area contributed by atoms with Crippen molar-refractivity contribution < 1.29 is 9.21 Å². The molecule has 0 bridgehead atoms. The van der Waals surface area contributed by atoms with Gasteiger partial charge in [0.2, 0.25) is 5.91 Å². The molecule has 1 amide bonds. The summed E-state index contributed by atoms with van der Waals surface area (Å²) in [5, 5.41) is 13.1. The predicted molar refractivity (Wildman–Crippen MR) is 110 cm³/mol. The van der Waals surface area contributed by atoms with Crippen LogP contribution in [0.3, 0.4) is 0 Å². The van der Waals surface area contributed by atoms with Crippen molar-refractivity contribution in [3.8, 4) is 10.8 Å². The average molecular weight is 422 g/mol. The van der Waals surface area contributed by atoms with Crippen LogP contribution in [0, 0.1) is 5.92 Å². The van der Waals surface area contributed by atoms with Gasteiger partial charge in [-0.1, -0.05) is 60.8 Å². The normalized spacial score (nSPS) is 15.3. The molecule has 0 spiro atoms. The maximum atomic E-state index is 12.1. The molecule has 2 heterocycles. The van der Waals surface area contributed by atoms with Gasteiger partial charge in [0.1, 0.15) is 4.88 Å². The van der Waals surface area contributed by atoms with E-state index in [2.05, 4.69) is 15.5 Å². The van der Waals surface area contributed by atoms with Gasteiger partial charge in [0.15, 0.2) is 0 Å². The molecule has 27 heavy (non-hydrogen) atoms. The summed E-state index contributed by atoms with van der Waals surface area (Å²) in [7, 11) is 0. The molecule has 2 aromatic heterocycles. The predicted octanol–water partition coefficient (Wildman–Crippen LogP) is 5.39. The van der Waals surface area contributed by atoms with Gasteiger partial charge in [-0.05, 0) is 24.8 Å². The number of nitrogens with one attached hydrogen (secondary N) is 1. The minimum Gasteiger partial charge on any atom is -0.410 e. The van der Waals surface area contributed by atoms with E-state index in [-0.39, 0.29) is 11.7 Å². The molecule has 142 valence electrons. The van der Waals surface area contributed by atoms with Crippen LogP contribution in [0.15, 0.2) is 33.9 Å². The highest BCUT2D eigenvalue weighted by Gasteiger charge is 2.19. The summed E-state index contributed by atoms with van der Waals surface area (Å²) < 4.78 is 6.79. The van der Waals surface area contributed by atoms with Gasteiger partial charge >= 0.3 is 0 Å². The molecule has 1 N–H and O–H groups in total. The van der Waals surface area contributed by atoms with E-state index in [1.165, 1.54) is 55.2 Å². The van der Waals surface area contributed by atoms with Gasteiger partial charge in [-0.15, -0.1) is 21.5 Å². The number of amides is 1. The molecule has 5 nitrogen and oxygen atoms in total. The molecule has 0 unspecified atom stereocenters. The third kappa shape index (κ3) is 4.47. The lowest BCUT2D eigenvalue weighted by Crippen LogP contribution is -2.31. The van der Waals surface area contributed by atoms with Gasteiger partial charge in [-0.2, -0.15) is 0 Å². The van der Waals surface area contributed by atoms with E-state index in [1.54, 1.807) is 0 Å². The van der Waals surface area contributed by atoms with Crippen molar-refractivity contribution in [2.75, 3.05) is 12.3 Å². The maximum absolute atomic E-state index is 12.1. The average Bonchev–Trinajstić information content (AvgIpc) is 3.30. The highest BCUT2D eigenvalue weighted by Crippen LogP contribution is 2.41. The summed E-state index contributed by atoms with van der Waals surface area (Å²) in [6.45, 7) is 0.770. The van der Waals surface area contributed by atoms with E-state index < -0.39 is 0 Å². The fraction of sp³-hybridized carbons (Fsp3) is 0.421. The Morgan fingerprint density at radius 1 is 1.26 bits per heavy atom. The van der Waals surface area contributed by atoms with E-state index in [4.69, 9.17) is 16.0 Å². The number of aromatic nitrogens is 2. The van der Waals surface area contributed by atoms with Crippen molar-refractivity contribution in [2.45, 2.75) is 37.3 Å². The van der Waals surface area contributed by atoms with Gasteiger partial charge in [0.25, 0.3) is 11.1 Å². The van der Waals surface area contributed by atoms with E-state index >= 15 is 0 Å². The van der Waals surface area contributed by atoms with Crippen LogP contribution in [0.1, 0.15) is 32.1 Å². The second-order valence-corrected chi connectivity index (χ2v) is 9.07. The lowest BCUT2D eigenvalue weighted by atomic mass is 9.89. The SMILES string of the molecule is O=C(CSc1nnc(-c2sc3ccccc3c2Cl)o1)NCC1CCCCC1.